The number of hydrogen-bond donors (Lipinski definition) is 2. The lowest BCUT2D eigenvalue weighted by atomic mass is 10.00. The fourth-order valence-corrected chi connectivity index (χ4v) is 3.80. The lowest BCUT2D eigenvalue weighted by Gasteiger charge is -2.19. The summed E-state index contributed by atoms with van der Waals surface area (Å²) < 4.78 is 15.2. The van der Waals surface area contributed by atoms with E-state index in [2.05, 4.69) is 10.3 Å². The number of amides is 1. The number of nitrogens with zero attached hydrogens (tertiary/aromatic N) is 2. The van der Waals surface area contributed by atoms with E-state index in [0.29, 0.717) is 28.3 Å². The average Bonchev–Trinajstić information content (AvgIpc) is 3.13. The lowest BCUT2D eigenvalue weighted by Crippen LogP contribution is -2.33. The van der Waals surface area contributed by atoms with E-state index in [4.69, 9.17) is 0 Å². The summed E-state index contributed by atoms with van der Waals surface area (Å²) in [4.78, 5) is 17.8. The van der Waals surface area contributed by atoms with Crippen LogP contribution < -0.4 is 5.32 Å². The molecule has 27 heavy (non-hydrogen) atoms. The van der Waals surface area contributed by atoms with Crippen LogP contribution in [0.4, 0.5) is 4.39 Å². The molecule has 0 bridgehead atoms. The Morgan fingerprint density at radius 2 is 2.22 bits per heavy atom. The van der Waals surface area contributed by atoms with Crippen molar-refractivity contribution in [2.24, 2.45) is 0 Å². The van der Waals surface area contributed by atoms with E-state index in [-0.39, 0.29) is 17.8 Å². The fraction of sp³-hybridized carbons (Fsp3) is 0.400. The van der Waals surface area contributed by atoms with Gasteiger partial charge in [0.25, 0.3) is 5.91 Å². The van der Waals surface area contributed by atoms with Gasteiger partial charge in [-0.2, -0.15) is 0 Å². The van der Waals surface area contributed by atoms with Gasteiger partial charge in [-0.1, -0.05) is 12.1 Å². The Morgan fingerprint density at radius 3 is 2.93 bits per heavy atom. The Kier molecular flexibility index (Phi) is 5.62. The van der Waals surface area contributed by atoms with E-state index in [1.807, 2.05) is 6.92 Å². The van der Waals surface area contributed by atoms with Crippen molar-refractivity contribution in [3.8, 4) is 11.3 Å². The third-order valence-electron chi connectivity index (χ3n) is 4.37. The van der Waals surface area contributed by atoms with Crippen LogP contribution in [0.2, 0.25) is 0 Å². The lowest BCUT2D eigenvalue weighted by molar-refractivity contribution is 0.0674. The molecular weight excluding hydrogens is 365 g/mol. The molecule has 0 aliphatic heterocycles. The van der Waals surface area contributed by atoms with E-state index in [9.17, 15) is 14.3 Å². The van der Waals surface area contributed by atoms with Crippen molar-refractivity contribution in [1.82, 2.24) is 14.7 Å². The number of thiazole rings is 1. The molecule has 1 aromatic carbocycles. The van der Waals surface area contributed by atoms with Gasteiger partial charge in [-0.3, -0.25) is 9.20 Å². The summed E-state index contributed by atoms with van der Waals surface area (Å²) in [5.74, 6) is -0.484. The van der Waals surface area contributed by atoms with E-state index in [1.165, 1.54) is 23.5 Å². The quantitative estimate of drug-likeness (QED) is 0.634. The van der Waals surface area contributed by atoms with Crippen molar-refractivity contribution in [3.05, 3.63) is 47.4 Å². The first-order valence-electron chi connectivity index (χ1n) is 8.99. The number of aromatic nitrogens is 2. The van der Waals surface area contributed by atoms with Gasteiger partial charge in [0.2, 0.25) is 0 Å². The van der Waals surface area contributed by atoms with Crippen LogP contribution >= 0.6 is 11.3 Å². The predicted molar refractivity (Wildman–Crippen MR) is 106 cm³/mol. The third-order valence-corrected chi connectivity index (χ3v) is 5.21. The average molecular weight is 389 g/mol. The van der Waals surface area contributed by atoms with Gasteiger partial charge in [0.1, 0.15) is 11.5 Å². The number of hydrogen-bond acceptors (Lipinski definition) is 4. The second kappa shape index (κ2) is 7.78. The Bertz CT molecular complexity index is 942. The molecule has 0 aliphatic rings. The highest BCUT2D eigenvalue weighted by Gasteiger charge is 2.18. The molecule has 2 aromatic heterocycles. The molecule has 0 radical (unpaired) electrons. The standard InChI is InChI=1S/C20H24FN3O2S/c1-13(6-5-9-20(2,3)26)22-18(25)17-12-27-19-23-16(11-24(17)19)14-7-4-8-15(21)10-14/h4,7-8,10-13,26H,5-6,9H2,1-3H3,(H,22,25). The maximum Gasteiger partial charge on any atom is 0.269 e. The Labute approximate surface area is 161 Å². The van der Waals surface area contributed by atoms with Crippen LogP contribution in [0.25, 0.3) is 16.2 Å². The third kappa shape index (κ3) is 4.93. The van der Waals surface area contributed by atoms with Gasteiger partial charge in [0, 0.05) is 23.2 Å². The molecule has 144 valence electrons. The molecule has 0 saturated carbocycles. The van der Waals surface area contributed by atoms with Crippen molar-refractivity contribution >= 4 is 22.2 Å². The van der Waals surface area contributed by atoms with Crippen LogP contribution in [0.15, 0.2) is 35.8 Å². The molecule has 2 heterocycles. The first-order chi connectivity index (χ1) is 12.7. The molecule has 1 amide bonds. The molecule has 1 atom stereocenters. The molecular formula is C20H24FN3O2S. The first kappa shape index (κ1) is 19.5. The summed E-state index contributed by atoms with van der Waals surface area (Å²) in [6.45, 7) is 5.53. The molecule has 1 unspecified atom stereocenters. The predicted octanol–water partition coefficient (Wildman–Crippen LogP) is 4.26. The minimum atomic E-state index is -0.687. The molecule has 5 nitrogen and oxygen atoms in total. The van der Waals surface area contributed by atoms with Crippen LogP contribution in [0.1, 0.15) is 50.5 Å². The van der Waals surface area contributed by atoms with E-state index in [0.717, 1.165) is 12.8 Å². The summed E-state index contributed by atoms with van der Waals surface area (Å²) in [6.07, 6.45) is 4.07. The zero-order valence-corrected chi connectivity index (χ0v) is 16.5. The smallest absolute Gasteiger partial charge is 0.269 e. The van der Waals surface area contributed by atoms with Crippen LogP contribution in [-0.2, 0) is 0 Å². The monoisotopic (exact) mass is 389 g/mol. The van der Waals surface area contributed by atoms with E-state index in [1.54, 1.807) is 42.0 Å². The van der Waals surface area contributed by atoms with Crippen LogP contribution in [-0.4, -0.2) is 32.0 Å². The summed E-state index contributed by atoms with van der Waals surface area (Å²) in [5.41, 5.74) is 1.14. The summed E-state index contributed by atoms with van der Waals surface area (Å²) in [5, 5.41) is 14.5. The van der Waals surface area contributed by atoms with Crippen LogP contribution in [0.3, 0.4) is 0 Å². The van der Waals surface area contributed by atoms with Gasteiger partial charge in [-0.05, 0) is 52.2 Å². The largest absolute Gasteiger partial charge is 0.390 e. The van der Waals surface area contributed by atoms with Crippen molar-refractivity contribution in [3.63, 3.8) is 0 Å². The number of imidazole rings is 1. The van der Waals surface area contributed by atoms with Gasteiger partial charge in [0.15, 0.2) is 4.96 Å². The van der Waals surface area contributed by atoms with Gasteiger partial charge in [-0.25, -0.2) is 9.37 Å². The van der Waals surface area contributed by atoms with E-state index >= 15 is 0 Å². The molecule has 3 rings (SSSR count). The van der Waals surface area contributed by atoms with Crippen molar-refractivity contribution < 1.29 is 14.3 Å². The van der Waals surface area contributed by atoms with E-state index < -0.39 is 5.60 Å². The zero-order chi connectivity index (χ0) is 19.6. The number of halogens is 1. The molecule has 7 heteroatoms. The summed E-state index contributed by atoms with van der Waals surface area (Å²) in [7, 11) is 0. The fourth-order valence-electron chi connectivity index (χ4n) is 2.94. The molecule has 0 spiro atoms. The Morgan fingerprint density at radius 1 is 1.44 bits per heavy atom. The van der Waals surface area contributed by atoms with Crippen molar-refractivity contribution in [2.75, 3.05) is 0 Å². The van der Waals surface area contributed by atoms with Gasteiger partial charge >= 0.3 is 0 Å². The topological polar surface area (TPSA) is 66.6 Å². The molecule has 2 N–H and O–H groups in total. The maximum absolute atomic E-state index is 13.4. The summed E-state index contributed by atoms with van der Waals surface area (Å²) >= 11 is 1.37. The SMILES string of the molecule is CC(CCCC(C)(C)O)NC(=O)c1csc2nc(-c3cccc(F)c3)cn12. The molecule has 0 saturated heterocycles. The minimum absolute atomic E-state index is 0.000936. The highest BCUT2D eigenvalue weighted by atomic mass is 32.1. The zero-order valence-electron chi connectivity index (χ0n) is 15.7. The summed E-state index contributed by atoms with van der Waals surface area (Å²) in [6, 6.07) is 6.25. The normalized spacial score (nSPS) is 13.1. The van der Waals surface area contributed by atoms with Crippen molar-refractivity contribution in [1.29, 1.82) is 0 Å². The number of carbonyl (C=O) groups is 1. The van der Waals surface area contributed by atoms with Crippen molar-refractivity contribution in [2.45, 2.75) is 51.7 Å². The highest BCUT2D eigenvalue weighted by Crippen LogP contribution is 2.24. The first-order valence-corrected chi connectivity index (χ1v) is 9.87. The second-order valence-corrected chi connectivity index (χ2v) is 8.33. The Hall–Kier alpha value is -2.25. The Balaban J connectivity index is 1.70. The number of nitrogens with one attached hydrogen (secondary N) is 1. The number of aliphatic hydroxyl groups is 1. The minimum Gasteiger partial charge on any atom is -0.390 e. The number of carbonyl (C=O) groups excluding carboxylic acids is 1. The van der Waals surface area contributed by atoms with Gasteiger partial charge < -0.3 is 10.4 Å². The maximum atomic E-state index is 13.4. The van der Waals surface area contributed by atoms with Crippen LogP contribution in [0, 0.1) is 5.82 Å². The molecule has 0 fully saturated rings. The van der Waals surface area contributed by atoms with Gasteiger partial charge in [0.05, 0.1) is 11.3 Å². The van der Waals surface area contributed by atoms with Gasteiger partial charge in [-0.15, -0.1) is 11.3 Å². The number of benzene rings is 1. The molecule has 0 aliphatic carbocycles. The molecule has 3 aromatic rings. The second-order valence-electron chi connectivity index (χ2n) is 7.49. The highest BCUT2D eigenvalue weighted by molar-refractivity contribution is 7.15. The number of fused-ring (bicyclic) bond motifs is 1. The van der Waals surface area contributed by atoms with Crippen LogP contribution in [0.5, 0.6) is 0 Å². The number of rotatable bonds is 7.